The fourth-order valence-electron chi connectivity index (χ4n) is 2.27. The number of aryl methyl sites for hydroxylation is 1. The number of ether oxygens (including phenoxy) is 1. The number of hydrogen-bond acceptors (Lipinski definition) is 3. The molecule has 1 aromatic heterocycles. The van der Waals surface area contributed by atoms with E-state index >= 15 is 0 Å². The highest BCUT2D eigenvalue weighted by Crippen LogP contribution is 2.24. The van der Waals surface area contributed by atoms with Crippen molar-refractivity contribution in [1.82, 2.24) is 4.90 Å². The number of benzene rings is 1. The normalized spacial score (nSPS) is 10.5. The van der Waals surface area contributed by atoms with E-state index in [9.17, 15) is 4.79 Å². The van der Waals surface area contributed by atoms with Crippen LogP contribution in [0, 0.1) is 0 Å². The van der Waals surface area contributed by atoms with Crippen LogP contribution in [0.3, 0.4) is 0 Å². The molecule has 0 saturated carbocycles. The van der Waals surface area contributed by atoms with Crippen LogP contribution in [0.2, 0.25) is 5.02 Å². The highest BCUT2D eigenvalue weighted by atomic mass is 35.5. The number of halogens is 1. The molecule has 2 aromatic rings. The molecule has 0 N–H and O–H groups in total. The number of amides is 1. The average molecular weight is 338 g/mol. The van der Waals surface area contributed by atoms with Crippen LogP contribution in [0.1, 0.15) is 23.3 Å². The van der Waals surface area contributed by atoms with Gasteiger partial charge < -0.3 is 9.64 Å². The highest BCUT2D eigenvalue weighted by molar-refractivity contribution is 7.09. The predicted molar refractivity (Wildman–Crippen MR) is 91.7 cm³/mol. The van der Waals surface area contributed by atoms with Gasteiger partial charge >= 0.3 is 0 Å². The first-order valence-electron chi connectivity index (χ1n) is 7.19. The third-order valence-corrected chi connectivity index (χ3v) is 4.64. The van der Waals surface area contributed by atoms with Gasteiger partial charge in [-0.3, -0.25) is 4.79 Å². The molecule has 22 heavy (non-hydrogen) atoms. The maximum Gasteiger partial charge on any atom is 0.222 e. The third kappa shape index (κ3) is 4.75. The fourth-order valence-corrected chi connectivity index (χ4v) is 3.22. The smallest absolute Gasteiger partial charge is 0.222 e. The summed E-state index contributed by atoms with van der Waals surface area (Å²) in [5.41, 5.74) is 0.920. The molecule has 0 aliphatic rings. The van der Waals surface area contributed by atoms with E-state index < -0.39 is 0 Å². The van der Waals surface area contributed by atoms with Gasteiger partial charge in [0.1, 0.15) is 5.75 Å². The molecule has 0 atom stereocenters. The number of carbonyl (C=O) groups is 1. The van der Waals surface area contributed by atoms with Crippen molar-refractivity contribution in [2.45, 2.75) is 25.8 Å². The second-order valence-corrected chi connectivity index (χ2v) is 6.61. The molecule has 118 valence electrons. The maximum atomic E-state index is 12.2. The van der Waals surface area contributed by atoms with Crippen molar-refractivity contribution in [3.05, 3.63) is 51.2 Å². The molecule has 0 spiro atoms. The average Bonchev–Trinajstić information content (AvgIpc) is 3.00. The molecule has 2 rings (SSSR count). The van der Waals surface area contributed by atoms with Gasteiger partial charge in [0, 0.05) is 35.5 Å². The van der Waals surface area contributed by atoms with Crippen LogP contribution in [-0.4, -0.2) is 25.0 Å². The first kappa shape index (κ1) is 16.8. The monoisotopic (exact) mass is 337 g/mol. The predicted octanol–water partition coefficient (Wildman–Crippen LogP) is 4.39. The molecule has 0 saturated heterocycles. The van der Waals surface area contributed by atoms with Crippen LogP contribution in [-0.2, 0) is 17.8 Å². The molecule has 1 heterocycles. The van der Waals surface area contributed by atoms with Gasteiger partial charge in [0.15, 0.2) is 0 Å². The molecule has 0 bridgehead atoms. The Labute approximate surface area is 140 Å². The van der Waals surface area contributed by atoms with Gasteiger partial charge in [0.2, 0.25) is 5.91 Å². The van der Waals surface area contributed by atoms with Crippen LogP contribution in [0.4, 0.5) is 0 Å². The molecule has 3 nitrogen and oxygen atoms in total. The van der Waals surface area contributed by atoms with Crippen molar-refractivity contribution < 1.29 is 9.53 Å². The van der Waals surface area contributed by atoms with Gasteiger partial charge in [-0.2, -0.15) is 0 Å². The minimum Gasteiger partial charge on any atom is -0.496 e. The zero-order valence-corrected chi connectivity index (χ0v) is 14.4. The van der Waals surface area contributed by atoms with Crippen LogP contribution >= 0.6 is 22.9 Å². The topological polar surface area (TPSA) is 29.5 Å². The quantitative estimate of drug-likeness (QED) is 0.749. The molecule has 0 aliphatic carbocycles. The Morgan fingerprint density at radius 1 is 1.36 bits per heavy atom. The summed E-state index contributed by atoms with van der Waals surface area (Å²) < 4.78 is 5.32. The summed E-state index contributed by atoms with van der Waals surface area (Å²) >= 11 is 7.76. The van der Waals surface area contributed by atoms with E-state index in [1.807, 2.05) is 25.2 Å². The summed E-state index contributed by atoms with van der Waals surface area (Å²) in [4.78, 5) is 15.3. The second kappa shape index (κ2) is 8.20. The minimum atomic E-state index is 0.138. The Kier molecular flexibility index (Phi) is 6.28. The molecule has 0 unspecified atom stereocenters. The highest BCUT2D eigenvalue weighted by Gasteiger charge is 2.12. The second-order valence-electron chi connectivity index (χ2n) is 5.14. The van der Waals surface area contributed by atoms with Gasteiger partial charge in [0.05, 0.1) is 7.11 Å². The lowest BCUT2D eigenvalue weighted by molar-refractivity contribution is -0.130. The van der Waals surface area contributed by atoms with Crippen molar-refractivity contribution in [2.24, 2.45) is 0 Å². The number of rotatable bonds is 7. The number of hydrogen-bond donors (Lipinski definition) is 0. The van der Waals surface area contributed by atoms with Crippen molar-refractivity contribution in [1.29, 1.82) is 0 Å². The van der Waals surface area contributed by atoms with Gasteiger partial charge in [-0.15, -0.1) is 11.3 Å². The Bertz CT molecular complexity index is 613. The van der Waals surface area contributed by atoms with Crippen LogP contribution < -0.4 is 4.74 Å². The number of carbonyl (C=O) groups excluding carboxylic acids is 1. The van der Waals surface area contributed by atoms with Crippen LogP contribution in [0.5, 0.6) is 5.75 Å². The zero-order chi connectivity index (χ0) is 15.9. The van der Waals surface area contributed by atoms with Gasteiger partial charge in [0.25, 0.3) is 0 Å². The summed E-state index contributed by atoms with van der Waals surface area (Å²) in [6.07, 6.45) is 2.38. The van der Waals surface area contributed by atoms with E-state index in [2.05, 4.69) is 11.4 Å². The van der Waals surface area contributed by atoms with E-state index in [0.29, 0.717) is 18.0 Å². The lowest BCUT2D eigenvalue weighted by atomic mass is 10.1. The largest absolute Gasteiger partial charge is 0.496 e. The van der Waals surface area contributed by atoms with Gasteiger partial charge in [-0.05, 0) is 42.5 Å². The lowest BCUT2D eigenvalue weighted by Gasteiger charge is -2.19. The maximum absolute atomic E-state index is 12.2. The van der Waals surface area contributed by atoms with E-state index in [0.717, 1.165) is 24.2 Å². The van der Waals surface area contributed by atoms with Crippen molar-refractivity contribution in [2.75, 3.05) is 14.2 Å². The Morgan fingerprint density at radius 3 is 2.86 bits per heavy atom. The summed E-state index contributed by atoms with van der Waals surface area (Å²) in [6.45, 7) is 0.502. The van der Waals surface area contributed by atoms with E-state index in [4.69, 9.17) is 16.3 Å². The first-order valence-corrected chi connectivity index (χ1v) is 8.44. The third-order valence-electron chi connectivity index (χ3n) is 3.47. The molecule has 0 aliphatic heterocycles. The Hall–Kier alpha value is -1.52. The molecule has 1 amide bonds. The van der Waals surface area contributed by atoms with Crippen molar-refractivity contribution >= 4 is 28.8 Å². The van der Waals surface area contributed by atoms with Gasteiger partial charge in [-0.1, -0.05) is 17.7 Å². The molecular weight excluding hydrogens is 318 g/mol. The first-order chi connectivity index (χ1) is 10.6. The number of methoxy groups -OCH3 is 1. The molecule has 1 aromatic carbocycles. The Balaban J connectivity index is 1.87. The standard InChI is InChI=1S/C17H20ClNO2S/c1-19(12-13-11-14(18)8-9-16(13)21-2)17(20)7-3-5-15-6-4-10-22-15/h4,6,8-11H,3,5,7,12H2,1-2H3. The number of nitrogens with zero attached hydrogens (tertiary/aromatic N) is 1. The van der Waals surface area contributed by atoms with E-state index in [-0.39, 0.29) is 5.91 Å². The van der Waals surface area contributed by atoms with Crippen molar-refractivity contribution in [3.63, 3.8) is 0 Å². The van der Waals surface area contributed by atoms with Crippen molar-refractivity contribution in [3.8, 4) is 5.75 Å². The summed E-state index contributed by atoms with van der Waals surface area (Å²) in [7, 11) is 3.43. The zero-order valence-electron chi connectivity index (χ0n) is 12.8. The number of thiophene rings is 1. The summed E-state index contributed by atoms with van der Waals surface area (Å²) in [5.74, 6) is 0.890. The molecule has 0 fully saturated rings. The Morgan fingerprint density at radius 2 is 2.18 bits per heavy atom. The molecule has 5 heteroatoms. The molecular formula is C17H20ClNO2S. The SMILES string of the molecule is COc1ccc(Cl)cc1CN(C)C(=O)CCCc1cccs1. The fraction of sp³-hybridized carbons (Fsp3) is 0.353. The van der Waals surface area contributed by atoms with Crippen LogP contribution in [0.15, 0.2) is 35.7 Å². The van der Waals surface area contributed by atoms with E-state index in [1.54, 1.807) is 29.4 Å². The van der Waals surface area contributed by atoms with E-state index in [1.165, 1.54) is 4.88 Å². The molecule has 0 radical (unpaired) electrons. The van der Waals surface area contributed by atoms with Gasteiger partial charge in [-0.25, -0.2) is 0 Å². The van der Waals surface area contributed by atoms with Crippen LogP contribution in [0.25, 0.3) is 0 Å². The summed E-state index contributed by atoms with van der Waals surface area (Å²) in [6, 6.07) is 9.60. The summed E-state index contributed by atoms with van der Waals surface area (Å²) in [5, 5.41) is 2.71. The minimum absolute atomic E-state index is 0.138. The lowest BCUT2D eigenvalue weighted by Crippen LogP contribution is -2.26.